The second kappa shape index (κ2) is 4.01. The van der Waals surface area contributed by atoms with E-state index in [2.05, 4.69) is 19.2 Å². The second-order valence-electron chi connectivity index (χ2n) is 2.38. The van der Waals surface area contributed by atoms with Crippen LogP contribution >= 0.6 is 12.6 Å². The van der Waals surface area contributed by atoms with Gasteiger partial charge in [0.05, 0.1) is 19.8 Å². The van der Waals surface area contributed by atoms with Crippen molar-refractivity contribution >= 4 is 12.6 Å². The van der Waals surface area contributed by atoms with Crippen molar-refractivity contribution in [3.05, 3.63) is 12.2 Å². The van der Waals surface area contributed by atoms with Crippen molar-refractivity contribution in [2.45, 2.75) is 6.10 Å². The van der Waals surface area contributed by atoms with Gasteiger partial charge < -0.3 is 9.47 Å². The summed E-state index contributed by atoms with van der Waals surface area (Å²) in [6.45, 7) is 5.86. The minimum atomic E-state index is 0.302. The van der Waals surface area contributed by atoms with Crippen LogP contribution in [0.4, 0.5) is 0 Å². The molecule has 10 heavy (non-hydrogen) atoms. The molecule has 0 unspecified atom stereocenters. The molecule has 0 atom stereocenters. The van der Waals surface area contributed by atoms with Crippen LogP contribution < -0.4 is 0 Å². The molecule has 1 heterocycles. The Labute approximate surface area is 66.6 Å². The van der Waals surface area contributed by atoms with Gasteiger partial charge >= 0.3 is 0 Å². The van der Waals surface area contributed by atoms with Gasteiger partial charge in [-0.15, -0.1) is 0 Å². The van der Waals surface area contributed by atoms with Crippen molar-refractivity contribution in [2.24, 2.45) is 0 Å². The summed E-state index contributed by atoms with van der Waals surface area (Å²) in [6.07, 6.45) is 0.302. The topological polar surface area (TPSA) is 18.5 Å². The van der Waals surface area contributed by atoms with Crippen LogP contribution in [0.2, 0.25) is 0 Å². The molecule has 0 aromatic rings. The van der Waals surface area contributed by atoms with E-state index < -0.39 is 0 Å². The number of rotatable bonds is 4. The molecule has 0 N–H and O–H groups in total. The summed E-state index contributed by atoms with van der Waals surface area (Å²) in [5, 5.41) is 0. The molecule has 0 aromatic carbocycles. The lowest BCUT2D eigenvalue weighted by molar-refractivity contribution is -0.124. The Morgan fingerprint density at radius 1 is 1.70 bits per heavy atom. The molecule has 0 amide bonds. The van der Waals surface area contributed by atoms with Gasteiger partial charge in [-0.2, -0.15) is 12.6 Å². The van der Waals surface area contributed by atoms with E-state index in [9.17, 15) is 0 Å². The number of hydrogen-bond donors (Lipinski definition) is 1. The Bertz CT molecular complexity index is 121. The van der Waals surface area contributed by atoms with Crippen LogP contribution in [0.15, 0.2) is 12.2 Å². The lowest BCUT2D eigenvalue weighted by atomic mass is 10.3. The van der Waals surface area contributed by atoms with Crippen molar-refractivity contribution in [1.29, 1.82) is 0 Å². The van der Waals surface area contributed by atoms with Crippen LogP contribution in [0.1, 0.15) is 0 Å². The van der Waals surface area contributed by atoms with Gasteiger partial charge in [-0.25, -0.2) is 0 Å². The summed E-state index contributed by atoms with van der Waals surface area (Å²) < 4.78 is 10.3. The lowest BCUT2D eigenvalue weighted by Crippen LogP contribution is -2.36. The fourth-order valence-corrected chi connectivity index (χ4v) is 0.683. The molecular weight excluding hydrogens is 148 g/mol. The zero-order valence-electron chi connectivity index (χ0n) is 5.88. The minimum absolute atomic E-state index is 0.302. The first-order chi connectivity index (χ1) is 4.83. The zero-order valence-corrected chi connectivity index (χ0v) is 6.77. The van der Waals surface area contributed by atoms with E-state index in [0.717, 1.165) is 18.8 Å². The normalized spacial score (nSPS) is 18.5. The quantitative estimate of drug-likeness (QED) is 0.486. The smallest absolute Gasteiger partial charge is 0.105 e. The average molecular weight is 160 g/mol. The van der Waals surface area contributed by atoms with Gasteiger partial charge in [0.25, 0.3) is 0 Å². The monoisotopic (exact) mass is 160 g/mol. The molecule has 3 heteroatoms. The second-order valence-corrected chi connectivity index (χ2v) is 2.69. The highest BCUT2D eigenvalue weighted by molar-refractivity contribution is 7.80. The van der Waals surface area contributed by atoms with Crippen molar-refractivity contribution in [3.8, 4) is 0 Å². The van der Waals surface area contributed by atoms with Crippen LogP contribution in [0.5, 0.6) is 0 Å². The first-order valence-electron chi connectivity index (χ1n) is 3.30. The van der Waals surface area contributed by atoms with E-state index in [1.54, 1.807) is 0 Å². The van der Waals surface area contributed by atoms with Gasteiger partial charge in [0, 0.05) is 5.75 Å². The molecular formula is C7H12O2S. The third-order valence-corrected chi connectivity index (χ3v) is 1.80. The number of ether oxygens (including phenoxy) is 2. The Balaban J connectivity index is 1.98. The molecule has 0 aliphatic carbocycles. The summed E-state index contributed by atoms with van der Waals surface area (Å²) in [7, 11) is 0. The van der Waals surface area contributed by atoms with E-state index in [-0.39, 0.29) is 0 Å². The molecule has 1 aliphatic rings. The van der Waals surface area contributed by atoms with Crippen molar-refractivity contribution in [2.75, 3.05) is 25.6 Å². The highest BCUT2D eigenvalue weighted by Crippen LogP contribution is 2.06. The van der Waals surface area contributed by atoms with Crippen molar-refractivity contribution in [1.82, 2.24) is 0 Å². The summed E-state index contributed by atoms with van der Waals surface area (Å²) in [5.74, 6) is 0.702. The van der Waals surface area contributed by atoms with Gasteiger partial charge in [-0.1, -0.05) is 6.58 Å². The predicted octanol–water partition coefficient (Wildman–Crippen LogP) is 0.888. The van der Waals surface area contributed by atoms with E-state index in [1.807, 2.05) is 0 Å². The SMILES string of the molecule is C=C(CS)COC1COC1. The van der Waals surface area contributed by atoms with Crippen LogP contribution in [0.25, 0.3) is 0 Å². The molecule has 0 aromatic heterocycles. The lowest BCUT2D eigenvalue weighted by Gasteiger charge is -2.26. The van der Waals surface area contributed by atoms with Crippen LogP contribution in [-0.2, 0) is 9.47 Å². The van der Waals surface area contributed by atoms with E-state index in [0.29, 0.717) is 18.5 Å². The minimum Gasteiger partial charge on any atom is -0.376 e. The molecule has 0 radical (unpaired) electrons. The van der Waals surface area contributed by atoms with Crippen LogP contribution in [0.3, 0.4) is 0 Å². The summed E-state index contributed by atoms with van der Waals surface area (Å²) in [6, 6.07) is 0. The fraction of sp³-hybridized carbons (Fsp3) is 0.714. The predicted molar refractivity (Wildman–Crippen MR) is 43.6 cm³/mol. The molecule has 58 valence electrons. The maximum absolute atomic E-state index is 5.36. The molecule has 1 rings (SSSR count). The van der Waals surface area contributed by atoms with Crippen LogP contribution in [-0.4, -0.2) is 31.7 Å². The van der Waals surface area contributed by atoms with Gasteiger partial charge in [0.1, 0.15) is 6.10 Å². The fourth-order valence-electron chi connectivity index (χ4n) is 0.592. The molecule has 2 nitrogen and oxygen atoms in total. The average Bonchev–Trinajstić information content (AvgIpc) is 1.84. The summed E-state index contributed by atoms with van der Waals surface area (Å²) in [5.41, 5.74) is 1.02. The highest BCUT2D eigenvalue weighted by atomic mass is 32.1. The Hall–Kier alpha value is 0.01000. The maximum atomic E-state index is 5.36. The number of hydrogen-bond acceptors (Lipinski definition) is 3. The third kappa shape index (κ3) is 2.33. The van der Waals surface area contributed by atoms with E-state index in [4.69, 9.17) is 9.47 Å². The maximum Gasteiger partial charge on any atom is 0.105 e. The number of thiol groups is 1. The van der Waals surface area contributed by atoms with Crippen molar-refractivity contribution < 1.29 is 9.47 Å². The first-order valence-corrected chi connectivity index (χ1v) is 3.93. The van der Waals surface area contributed by atoms with Gasteiger partial charge in [0.2, 0.25) is 0 Å². The highest BCUT2D eigenvalue weighted by Gasteiger charge is 2.18. The Morgan fingerprint density at radius 3 is 2.80 bits per heavy atom. The molecule has 1 fully saturated rings. The summed E-state index contributed by atoms with van der Waals surface area (Å²) in [4.78, 5) is 0. The summed E-state index contributed by atoms with van der Waals surface area (Å²) >= 11 is 4.05. The Kier molecular flexibility index (Phi) is 3.25. The van der Waals surface area contributed by atoms with Gasteiger partial charge in [0.15, 0.2) is 0 Å². The standard InChI is InChI=1S/C7H12O2S/c1-6(5-10)2-9-7-3-8-4-7/h7,10H,1-5H2. The molecule has 0 saturated carbocycles. The zero-order chi connectivity index (χ0) is 7.40. The van der Waals surface area contributed by atoms with Crippen LogP contribution in [0, 0.1) is 0 Å². The molecule has 0 bridgehead atoms. The first kappa shape index (κ1) is 8.11. The van der Waals surface area contributed by atoms with E-state index >= 15 is 0 Å². The van der Waals surface area contributed by atoms with Gasteiger partial charge in [-0.05, 0) is 5.57 Å². The molecule has 1 saturated heterocycles. The largest absolute Gasteiger partial charge is 0.376 e. The van der Waals surface area contributed by atoms with E-state index in [1.165, 1.54) is 0 Å². The van der Waals surface area contributed by atoms with Gasteiger partial charge in [-0.3, -0.25) is 0 Å². The molecule has 1 aliphatic heterocycles. The van der Waals surface area contributed by atoms with Crippen molar-refractivity contribution in [3.63, 3.8) is 0 Å². The molecule has 0 spiro atoms. The Morgan fingerprint density at radius 2 is 2.40 bits per heavy atom. The third-order valence-electron chi connectivity index (χ3n) is 1.35.